The molecule has 1 heterocycles. The molecule has 0 bridgehead atoms. The van der Waals surface area contributed by atoms with Gasteiger partial charge in [-0.05, 0) is 54.3 Å². The van der Waals surface area contributed by atoms with E-state index in [1.54, 1.807) is 12.0 Å². The lowest BCUT2D eigenvalue weighted by Gasteiger charge is -2.35. The minimum atomic E-state index is -0.542. The molecule has 2 atom stereocenters. The number of nitrogens with zero attached hydrogens (tertiary/aromatic N) is 1. The van der Waals surface area contributed by atoms with Crippen LogP contribution in [0.2, 0.25) is 0 Å². The van der Waals surface area contributed by atoms with E-state index in [-0.39, 0.29) is 17.6 Å². The molecular formula is C32H34N2O4. The number of anilines is 2. The molecule has 1 aliphatic heterocycles. The molecule has 0 spiro atoms. The molecule has 0 radical (unpaired) electrons. The SMILES string of the molecule is CCCOc1ccccc1[C@@H]1CC(=O)C2=C(C1)Nc1ccccc1N(C(=O)CC)[C@@H]2c1ccc(OC)cc1. The number of hydrogen-bond acceptors (Lipinski definition) is 5. The van der Waals surface area contributed by atoms with Crippen LogP contribution in [0.25, 0.3) is 0 Å². The normalized spacial score (nSPS) is 18.7. The van der Waals surface area contributed by atoms with E-state index in [2.05, 4.69) is 18.3 Å². The van der Waals surface area contributed by atoms with E-state index in [1.165, 1.54) is 0 Å². The van der Waals surface area contributed by atoms with Gasteiger partial charge in [-0.3, -0.25) is 14.5 Å². The van der Waals surface area contributed by atoms with E-state index in [4.69, 9.17) is 9.47 Å². The van der Waals surface area contributed by atoms with Crippen LogP contribution >= 0.6 is 0 Å². The number of nitrogens with one attached hydrogen (secondary N) is 1. The number of para-hydroxylation sites is 3. The van der Waals surface area contributed by atoms with Crippen LogP contribution in [0.4, 0.5) is 11.4 Å². The third kappa shape index (κ3) is 4.78. The Bertz CT molecular complexity index is 1360. The Morgan fingerprint density at radius 1 is 0.974 bits per heavy atom. The van der Waals surface area contributed by atoms with Crippen molar-refractivity contribution in [1.82, 2.24) is 0 Å². The molecule has 0 saturated heterocycles. The van der Waals surface area contributed by atoms with Gasteiger partial charge in [0.15, 0.2) is 5.78 Å². The number of Topliss-reactive ketones (excluding diaryl/α,β-unsaturated/α-hetero) is 1. The number of fused-ring (bicyclic) bond motifs is 1. The highest BCUT2D eigenvalue weighted by atomic mass is 16.5. The lowest BCUT2D eigenvalue weighted by atomic mass is 9.78. The van der Waals surface area contributed by atoms with Gasteiger partial charge < -0.3 is 14.8 Å². The average Bonchev–Trinajstić information content (AvgIpc) is 3.10. The van der Waals surface area contributed by atoms with Crippen molar-refractivity contribution in [2.24, 2.45) is 0 Å². The summed E-state index contributed by atoms with van der Waals surface area (Å²) >= 11 is 0. The van der Waals surface area contributed by atoms with Crippen molar-refractivity contribution in [2.45, 2.75) is 51.5 Å². The van der Waals surface area contributed by atoms with Crippen molar-refractivity contribution < 1.29 is 19.1 Å². The van der Waals surface area contributed by atoms with Gasteiger partial charge in [0.2, 0.25) is 5.91 Å². The molecule has 1 N–H and O–H groups in total. The van der Waals surface area contributed by atoms with Crippen LogP contribution < -0.4 is 19.7 Å². The topological polar surface area (TPSA) is 67.9 Å². The fourth-order valence-electron chi connectivity index (χ4n) is 5.52. The second-order valence-corrected chi connectivity index (χ2v) is 9.74. The maximum Gasteiger partial charge on any atom is 0.227 e. The molecule has 6 heteroatoms. The first-order chi connectivity index (χ1) is 18.5. The highest BCUT2D eigenvalue weighted by Crippen LogP contribution is 2.48. The molecule has 3 aromatic rings. The summed E-state index contributed by atoms with van der Waals surface area (Å²) in [5.41, 5.74) is 5.01. The predicted molar refractivity (Wildman–Crippen MR) is 150 cm³/mol. The molecule has 5 rings (SSSR count). The summed E-state index contributed by atoms with van der Waals surface area (Å²) in [6, 6.07) is 22.9. The third-order valence-corrected chi connectivity index (χ3v) is 7.31. The van der Waals surface area contributed by atoms with Crippen molar-refractivity contribution in [3.8, 4) is 11.5 Å². The zero-order valence-corrected chi connectivity index (χ0v) is 22.2. The molecule has 3 aromatic carbocycles. The molecule has 0 unspecified atom stereocenters. The quantitative estimate of drug-likeness (QED) is 0.379. The molecule has 0 saturated carbocycles. The largest absolute Gasteiger partial charge is 0.497 e. The van der Waals surface area contributed by atoms with Gasteiger partial charge >= 0.3 is 0 Å². The number of allylic oxidation sites excluding steroid dienone is 1. The summed E-state index contributed by atoms with van der Waals surface area (Å²) in [5.74, 6) is 1.53. The standard InChI is InChI=1S/C32H34N2O4/c1-4-18-38-29-13-9-6-10-24(29)22-19-26-31(28(35)20-22)32(21-14-16-23(37-3)17-15-21)34(30(36)5-2)27-12-8-7-11-25(27)33-26/h6-17,22,32-33H,4-5,18-20H2,1-3H3/t22-,32+/m0/s1. The Morgan fingerprint density at radius 2 is 1.71 bits per heavy atom. The van der Waals surface area contributed by atoms with E-state index in [1.807, 2.05) is 73.7 Å². The first kappa shape index (κ1) is 25.6. The van der Waals surface area contributed by atoms with Crippen LogP contribution in [-0.2, 0) is 9.59 Å². The van der Waals surface area contributed by atoms with Crippen LogP contribution in [-0.4, -0.2) is 25.4 Å². The maximum atomic E-state index is 14.1. The Labute approximate surface area is 224 Å². The first-order valence-corrected chi connectivity index (χ1v) is 13.4. The van der Waals surface area contributed by atoms with Crippen LogP contribution in [0.3, 0.4) is 0 Å². The minimum Gasteiger partial charge on any atom is -0.497 e. The average molecular weight is 511 g/mol. The highest BCUT2D eigenvalue weighted by Gasteiger charge is 2.41. The van der Waals surface area contributed by atoms with Crippen LogP contribution in [0.5, 0.6) is 11.5 Å². The summed E-state index contributed by atoms with van der Waals surface area (Å²) in [4.78, 5) is 29.4. The molecule has 0 aromatic heterocycles. The summed E-state index contributed by atoms with van der Waals surface area (Å²) in [7, 11) is 1.63. The molecule has 196 valence electrons. The van der Waals surface area contributed by atoms with Gasteiger partial charge in [-0.15, -0.1) is 0 Å². The van der Waals surface area contributed by atoms with Crippen LogP contribution in [0.1, 0.15) is 62.6 Å². The van der Waals surface area contributed by atoms with Crippen LogP contribution in [0, 0.1) is 0 Å². The van der Waals surface area contributed by atoms with Gasteiger partial charge in [-0.25, -0.2) is 0 Å². The van der Waals surface area contributed by atoms with Crippen LogP contribution in [0.15, 0.2) is 84.1 Å². The first-order valence-electron chi connectivity index (χ1n) is 13.4. The Hall–Kier alpha value is -4.06. The number of rotatable bonds is 7. The number of benzene rings is 3. The van der Waals surface area contributed by atoms with Gasteiger partial charge in [0.1, 0.15) is 11.5 Å². The highest BCUT2D eigenvalue weighted by molar-refractivity contribution is 6.06. The van der Waals surface area contributed by atoms with E-state index < -0.39 is 6.04 Å². The number of carbonyl (C=O) groups is 2. The molecule has 6 nitrogen and oxygen atoms in total. The third-order valence-electron chi connectivity index (χ3n) is 7.31. The van der Waals surface area contributed by atoms with E-state index in [0.29, 0.717) is 31.4 Å². The minimum absolute atomic E-state index is 0.0288. The van der Waals surface area contributed by atoms with Gasteiger partial charge in [0, 0.05) is 30.0 Å². The number of carbonyl (C=O) groups excluding carboxylic acids is 2. The fourth-order valence-corrected chi connectivity index (χ4v) is 5.52. The second kappa shape index (κ2) is 11.1. The lowest BCUT2D eigenvalue weighted by Crippen LogP contribution is -2.38. The maximum absolute atomic E-state index is 14.1. The lowest BCUT2D eigenvalue weighted by molar-refractivity contribution is -0.119. The number of hydrogen-bond donors (Lipinski definition) is 1. The van der Waals surface area contributed by atoms with Gasteiger partial charge in [0.05, 0.1) is 31.1 Å². The zero-order valence-electron chi connectivity index (χ0n) is 22.2. The van der Waals surface area contributed by atoms with E-state index in [0.717, 1.165) is 46.1 Å². The number of ether oxygens (including phenoxy) is 2. The molecule has 38 heavy (non-hydrogen) atoms. The monoisotopic (exact) mass is 510 g/mol. The van der Waals surface area contributed by atoms with Crippen molar-refractivity contribution in [2.75, 3.05) is 23.9 Å². The number of ketones is 1. The summed E-state index contributed by atoms with van der Waals surface area (Å²) in [5, 5.41) is 3.58. The fraction of sp³-hybridized carbons (Fsp3) is 0.312. The predicted octanol–water partition coefficient (Wildman–Crippen LogP) is 6.79. The number of methoxy groups -OCH3 is 1. The Morgan fingerprint density at radius 3 is 2.45 bits per heavy atom. The van der Waals surface area contributed by atoms with Crippen molar-refractivity contribution in [3.05, 3.63) is 95.2 Å². The number of amides is 1. The smallest absolute Gasteiger partial charge is 0.227 e. The molecule has 0 fully saturated rings. The Kier molecular flexibility index (Phi) is 7.50. The molecule has 2 aliphatic rings. The zero-order chi connectivity index (χ0) is 26.6. The van der Waals surface area contributed by atoms with Gasteiger partial charge in [-0.2, -0.15) is 0 Å². The molecule has 1 amide bonds. The summed E-state index contributed by atoms with van der Waals surface area (Å²) in [6.45, 7) is 4.57. The van der Waals surface area contributed by atoms with Crippen molar-refractivity contribution in [3.63, 3.8) is 0 Å². The van der Waals surface area contributed by atoms with Gasteiger partial charge in [-0.1, -0.05) is 56.3 Å². The van der Waals surface area contributed by atoms with E-state index >= 15 is 0 Å². The second-order valence-electron chi connectivity index (χ2n) is 9.74. The van der Waals surface area contributed by atoms with Crippen molar-refractivity contribution in [1.29, 1.82) is 0 Å². The summed E-state index contributed by atoms with van der Waals surface area (Å²) < 4.78 is 11.4. The molecule has 1 aliphatic carbocycles. The molecular weight excluding hydrogens is 476 g/mol. The van der Waals surface area contributed by atoms with E-state index in [9.17, 15) is 9.59 Å². The van der Waals surface area contributed by atoms with Crippen molar-refractivity contribution >= 4 is 23.1 Å². The Balaban J connectivity index is 1.66. The van der Waals surface area contributed by atoms with Gasteiger partial charge in [0.25, 0.3) is 0 Å². The summed E-state index contributed by atoms with van der Waals surface area (Å²) in [6.07, 6.45) is 2.23.